The van der Waals surface area contributed by atoms with Gasteiger partial charge in [-0.25, -0.2) is 9.18 Å². The molecule has 19 heavy (non-hydrogen) atoms. The lowest BCUT2D eigenvalue weighted by Gasteiger charge is -2.14. The van der Waals surface area contributed by atoms with Crippen molar-refractivity contribution in [2.45, 2.75) is 25.4 Å². The van der Waals surface area contributed by atoms with Gasteiger partial charge in [0.25, 0.3) is 5.91 Å². The highest BCUT2D eigenvalue weighted by molar-refractivity contribution is 5.92. The smallest absolute Gasteiger partial charge is 0.339 e. The maximum Gasteiger partial charge on any atom is 0.339 e. The largest absolute Gasteiger partial charge is 0.449 e. The number of nitrogens with one attached hydrogen (secondary N) is 1. The molecule has 102 valence electrons. The zero-order chi connectivity index (χ0) is 13.8. The monoisotopic (exact) mass is 266 g/mol. The van der Waals surface area contributed by atoms with Crippen LogP contribution in [0.3, 0.4) is 0 Å². The number of ether oxygens (including phenoxy) is 1. The predicted octanol–water partition coefficient (Wildman–Crippen LogP) is 1.23. The molecule has 1 atom stereocenters. The molecule has 0 bridgehead atoms. The van der Waals surface area contributed by atoms with Crippen molar-refractivity contribution in [2.75, 3.05) is 12.3 Å². The van der Waals surface area contributed by atoms with Crippen molar-refractivity contribution in [1.82, 2.24) is 5.32 Å². The Morgan fingerprint density at radius 3 is 2.95 bits per heavy atom. The van der Waals surface area contributed by atoms with Gasteiger partial charge in [-0.1, -0.05) is 0 Å². The molecule has 2 rings (SSSR count). The molecule has 1 heterocycles. The van der Waals surface area contributed by atoms with E-state index < -0.39 is 17.9 Å². The molecular weight excluding hydrogens is 251 g/mol. The molecule has 1 aromatic rings. The van der Waals surface area contributed by atoms with Gasteiger partial charge in [-0.05, 0) is 37.5 Å². The van der Waals surface area contributed by atoms with Gasteiger partial charge in [0.2, 0.25) is 0 Å². The van der Waals surface area contributed by atoms with Gasteiger partial charge in [-0.3, -0.25) is 4.79 Å². The summed E-state index contributed by atoms with van der Waals surface area (Å²) < 4.78 is 18.4. The maximum atomic E-state index is 13.2. The van der Waals surface area contributed by atoms with Crippen LogP contribution in [0, 0.1) is 5.82 Å². The third kappa shape index (κ3) is 3.21. The highest BCUT2D eigenvalue weighted by Gasteiger charge is 2.25. The van der Waals surface area contributed by atoms with Crippen LogP contribution >= 0.6 is 0 Å². The number of amides is 1. The first-order chi connectivity index (χ1) is 9.08. The van der Waals surface area contributed by atoms with Crippen molar-refractivity contribution in [3.63, 3.8) is 0 Å². The number of esters is 1. The fourth-order valence-corrected chi connectivity index (χ4v) is 1.88. The molecule has 1 unspecified atom stereocenters. The third-order valence-corrected chi connectivity index (χ3v) is 2.97. The Kier molecular flexibility index (Phi) is 3.99. The Morgan fingerprint density at radius 2 is 2.21 bits per heavy atom. The number of hydrogen-bond acceptors (Lipinski definition) is 4. The van der Waals surface area contributed by atoms with Crippen LogP contribution in [-0.4, -0.2) is 24.5 Å². The number of hydrogen-bond donors (Lipinski definition) is 2. The fraction of sp³-hybridized carbons (Fsp3) is 0.385. The maximum absolute atomic E-state index is 13.2. The van der Waals surface area contributed by atoms with Crippen molar-refractivity contribution in [2.24, 2.45) is 0 Å². The van der Waals surface area contributed by atoms with Crippen molar-refractivity contribution >= 4 is 17.6 Å². The first-order valence-electron chi connectivity index (χ1n) is 6.11. The minimum atomic E-state index is -0.810. The SMILES string of the molecule is Nc1ccc(C(=O)OC2CCCCNC2=O)cc1F. The molecule has 1 saturated heterocycles. The van der Waals surface area contributed by atoms with Crippen molar-refractivity contribution in [3.8, 4) is 0 Å². The Labute approximate surface area is 109 Å². The summed E-state index contributed by atoms with van der Waals surface area (Å²) in [6.45, 7) is 0.587. The van der Waals surface area contributed by atoms with Crippen LogP contribution in [0.2, 0.25) is 0 Å². The quantitative estimate of drug-likeness (QED) is 0.623. The summed E-state index contributed by atoms with van der Waals surface area (Å²) in [6.07, 6.45) is 1.33. The number of anilines is 1. The van der Waals surface area contributed by atoms with Gasteiger partial charge in [-0.15, -0.1) is 0 Å². The highest BCUT2D eigenvalue weighted by Crippen LogP contribution is 2.15. The zero-order valence-electron chi connectivity index (χ0n) is 10.3. The summed E-state index contributed by atoms with van der Waals surface area (Å²) in [5.41, 5.74) is 5.33. The molecule has 3 N–H and O–H groups in total. The van der Waals surface area contributed by atoms with E-state index in [1.54, 1.807) is 0 Å². The first kappa shape index (κ1) is 13.3. The molecule has 0 radical (unpaired) electrons. The molecule has 0 aliphatic carbocycles. The Balaban J connectivity index is 2.07. The number of carbonyl (C=O) groups excluding carboxylic acids is 2. The van der Waals surface area contributed by atoms with Gasteiger partial charge < -0.3 is 15.8 Å². The first-order valence-corrected chi connectivity index (χ1v) is 6.11. The van der Waals surface area contributed by atoms with Crippen LogP contribution in [0.4, 0.5) is 10.1 Å². The lowest BCUT2D eigenvalue weighted by atomic mass is 10.1. The van der Waals surface area contributed by atoms with E-state index >= 15 is 0 Å². The van der Waals surface area contributed by atoms with Crippen molar-refractivity contribution in [1.29, 1.82) is 0 Å². The number of rotatable bonds is 2. The topological polar surface area (TPSA) is 81.4 Å². The van der Waals surface area contributed by atoms with E-state index in [9.17, 15) is 14.0 Å². The number of nitrogens with two attached hydrogens (primary N) is 1. The molecule has 1 fully saturated rings. The molecular formula is C13H15FN2O3. The molecule has 5 nitrogen and oxygen atoms in total. The summed E-state index contributed by atoms with van der Waals surface area (Å²) in [5.74, 6) is -1.71. The summed E-state index contributed by atoms with van der Waals surface area (Å²) in [5, 5.41) is 2.66. The highest BCUT2D eigenvalue weighted by atomic mass is 19.1. The van der Waals surface area contributed by atoms with E-state index in [0.29, 0.717) is 13.0 Å². The Bertz CT molecular complexity index is 505. The normalized spacial score (nSPS) is 19.4. The van der Waals surface area contributed by atoms with Crippen LogP contribution in [0.15, 0.2) is 18.2 Å². The van der Waals surface area contributed by atoms with Crippen molar-refractivity contribution < 1.29 is 18.7 Å². The van der Waals surface area contributed by atoms with E-state index in [4.69, 9.17) is 10.5 Å². The van der Waals surface area contributed by atoms with E-state index in [0.717, 1.165) is 18.9 Å². The number of benzene rings is 1. The molecule has 1 aromatic carbocycles. The lowest BCUT2D eigenvalue weighted by molar-refractivity contribution is -0.129. The second-order valence-corrected chi connectivity index (χ2v) is 4.42. The number of nitrogen functional groups attached to an aromatic ring is 1. The van der Waals surface area contributed by atoms with Gasteiger partial charge in [0.05, 0.1) is 11.3 Å². The average molecular weight is 266 g/mol. The average Bonchev–Trinajstić information content (AvgIpc) is 2.58. The van der Waals surface area contributed by atoms with E-state index in [1.165, 1.54) is 12.1 Å². The predicted molar refractivity (Wildman–Crippen MR) is 66.9 cm³/mol. The third-order valence-electron chi connectivity index (χ3n) is 2.97. The van der Waals surface area contributed by atoms with Crippen LogP contribution < -0.4 is 11.1 Å². The van der Waals surface area contributed by atoms with Crippen molar-refractivity contribution in [3.05, 3.63) is 29.6 Å². The molecule has 1 aliphatic rings. The second kappa shape index (κ2) is 5.69. The Hall–Kier alpha value is -2.11. The molecule has 0 spiro atoms. The van der Waals surface area contributed by atoms with E-state index in [2.05, 4.69) is 5.32 Å². The summed E-state index contributed by atoms with van der Waals surface area (Å²) >= 11 is 0. The Morgan fingerprint density at radius 1 is 1.42 bits per heavy atom. The minimum Gasteiger partial charge on any atom is -0.449 e. The van der Waals surface area contributed by atoms with Crippen LogP contribution in [0.1, 0.15) is 29.6 Å². The summed E-state index contributed by atoms with van der Waals surface area (Å²) in [4.78, 5) is 23.4. The van der Waals surface area contributed by atoms with Gasteiger partial charge in [0, 0.05) is 6.54 Å². The zero-order valence-corrected chi connectivity index (χ0v) is 10.3. The summed E-state index contributed by atoms with van der Waals surface area (Å²) in [7, 11) is 0. The molecule has 6 heteroatoms. The number of carbonyl (C=O) groups is 2. The van der Waals surface area contributed by atoms with Gasteiger partial charge in [0.1, 0.15) is 5.82 Å². The van der Waals surface area contributed by atoms with Crippen LogP contribution in [0.25, 0.3) is 0 Å². The molecule has 1 amide bonds. The molecule has 1 aliphatic heterocycles. The molecule has 0 saturated carbocycles. The number of halogens is 1. The van der Waals surface area contributed by atoms with Gasteiger partial charge in [0.15, 0.2) is 6.10 Å². The standard InChI is InChI=1S/C13H15FN2O3/c14-9-7-8(4-5-10(9)15)13(18)19-11-3-1-2-6-16-12(11)17/h4-5,7,11H,1-3,6,15H2,(H,16,17). The van der Waals surface area contributed by atoms with Crippen LogP contribution in [-0.2, 0) is 9.53 Å². The van der Waals surface area contributed by atoms with E-state index in [-0.39, 0.29) is 17.2 Å². The molecule has 0 aromatic heterocycles. The second-order valence-electron chi connectivity index (χ2n) is 4.42. The summed E-state index contributed by atoms with van der Waals surface area (Å²) in [6, 6.07) is 3.67. The van der Waals surface area contributed by atoms with Gasteiger partial charge in [-0.2, -0.15) is 0 Å². The fourth-order valence-electron chi connectivity index (χ4n) is 1.88. The lowest BCUT2D eigenvalue weighted by Crippen LogP contribution is -2.36. The minimum absolute atomic E-state index is 0.0382. The van der Waals surface area contributed by atoms with E-state index in [1.807, 2.05) is 0 Å². The van der Waals surface area contributed by atoms with Crippen LogP contribution in [0.5, 0.6) is 0 Å². The van der Waals surface area contributed by atoms with Gasteiger partial charge >= 0.3 is 5.97 Å².